The van der Waals surface area contributed by atoms with Gasteiger partial charge in [0.1, 0.15) is 5.75 Å². The maximum atomic E-state index is 11.8. The molecule has 1 rings (SSSR count). The number of hydrogen-bond acceptors (Lipinski definition) is 4. The zero-order chi connectivity index (χ0) is 16.3. The number of para-hydroxylation sites is 1. The second-order valence-electron chi connectivity index (χ2n) is 4.98. The predicted octanol–water partition coefficient (Wildman–Crippen LogP) is 3.48. The van der Waals surface area contributed by atoms with Crippen molar-refractivity contribution in [1.82, 2.24) is 0 Å². The van der Waals surface area contributed by atoms with Crippen molar-refractivity contribution in [3.05, 3.63) is 30.3 Å². The van der Waals surface area contributed by atoms with Gasteiger partial charge in [0.15, 0.2) is 0 Å². The standard InChI is InChI=1S/C17H26O5/c1-3-5-9-12-17(16(18)19,21-14-13-20-4-2)22-15-10-7-6-8-11-15/h6-8,10-11H,3-5,9,12-14H2,1-2H3,(H,18,19). The summed E-state index contributed by atoms with van der Waals surface area (Å²) in [4.78, 5) is 11.8. The Balaban J connectivity index is 2.80. The average Bonchev–Trinajstić information content (AvgIpc) is 2.52. The predicted molar refractivity (Wildman–Crippen MR) is 84.0 cm³/mol. The molecule has 22 heavy (non-hydrogen) atoms. The molecule has 1 aromatic rings. The fourth-order valence-electron chi connectivity index (χ4n) is 2.06. The summed E-state index contributed by atoms with van der Waals surface area (Å²) in [7, 11) is 0. The molecule has 0 spiro atoms. The molecule has 0 aliphatic carbocycles. The highest BCUT2D eigenvalue weighted by atomic mass is 16.7. The number of benzene rings is 1. The molecule has 1 aromatic carbocycles. The first kappa shape index (κ1) is 18.5. The highest BCUT2D eigenvalue weighted by molar-refractivity contribution is 5.76. The minimum absolute atomic E-state index is 0.180. The molecule has 0 aliphatic heterocycles. The first-order valence-corrected chi connectivity index (χ1v) is 7.83. The molecule has 0 heterocycles. The molecule has 0 aromatic heterocycles. The van der Waals surface area contributed by atoms with Crippen LogP contribution in [0, 0.1) is 0 Å². The van der Waals surface area contributed by atoms with Crippen molar-refractivity contribution in [2.75, 3.05) is 19.8 Å². The van der Waals surface area contributed by atoms with E-state index in [0.29, 0.717) is 25.4 Å². The normalized spacial score (nSPS) is 13.5. The van der Waals surface area contributed by atoms with Crippen molar-refractivity contribution < 1.29 is 24.1 Å². The first-order chi connectivity index (χ1) is 10.6. The van der Waals surface area contributed by atoms with Crippen molar-refractivity contribution in [3.63, 3.8) is 0 Å². The van der Waals surface area contributed by atoms with E-state index in [4.69, 9.17) is 14.2 Å². The van der Waals surface area contributed by atoms with Crippen LogP contribution >= 0.6 is 0 Å². The van der Waals surface area contributed by atoms with Crippen LogP contribution in [-0.4, -0.2) is 36.7 Å². The number of aliphatic carboxylic acids is 1. The van der Waals surface area contributed by atoms with E-state index in [0.717, 1.165) is 19.3 Å². The number of carbonyl (C=O) groups is 1. The Hall–Kier alpha value is -1.59. The molecule has 1 N–H and O–H groups in total. The molecular formula is C17H26O5. The van der Waals surface area contributed by atoms with Gasteiger partial charge in [0.2, 0.25) is 0 Å². The quantitative estimate of drug-likeness (QED) is 0.473. The van der Waals surface area contributed by atoms with Crippen LogP contribution in [0.1, 0.15) is 39.5 Å². The Bertz CT molecular complexity index is 420. The molecule has 124 valence electrons. The number of ether oxygens (including phenoxy) is 3. The maximum absolute atomic E-state index is 11.8. The molecule has 5 nitrogen and oxygen atoms in total. The fourth-order valence-corrected chi connectivity index (χ4v) is 2.06. The summed E-state index contributed by atoms with van der Waals surface area (Å²) in [5.74, 6) is -2.28. The monoisotopic (exact) mass is 310 g/mol. The number of hydrogen-bond donors (Lipinski definition) is 1. The molecule has 1 atom stereocenters. The van der Waals surface area contributed by atoms with E-state index in [9.17, 15) is 9.90 Å². The van der Waals surface area contributed by atoms with Gasteiger partial charge in [0.05, 0.1) is 13.2 Å². The van der Waals surface area contributed by atoms with Crippen molar-refractivity contribution in [2.24, 2.45) is 0 Å². The summed E-state index contributed by atoms with van der Waals surface area (Å²) in [5, 5.41) is 9.65. The molecule has 0 bridgehead atoms. The first-order valence-electron chi connectivity index (χ1n) is 7.83. The van der Waals surface area contributed by atoms with Crippen molar-refractivity contribution in [2.45, 2.75) is 45.3 Å². The van der Waals surface area contributed by atoms with E-state index in [-0.39, 0.29) is 6.61 Å². The Morgan fingerprint density at radius 1 is 1.14 bits per heavy atom. The van der Waals surface area contributed by atoms with Crippen molar-refractivity contribution >= 4 is 5.97 Å². The number of unbranched alkanes of at least 4 members (excludes halogenated alkanes) is 2. The summed E-state index contributed by atoms with van der Waals surface area (Å²) in [5.41, 5.74) is 0. The fraction of sp³-hybridized carbons (Fsp3) is 0.588. The summed E-state index contributed by atoms with van der Waals surface area (Å²) < 4.78 is 16.5. The molecule has 0 saturated heterocycles. The number of carboxylic acids is 1. The van der Waals surface area contributed by atoms with Gasteiger partial charge in [-0.1, -0.05) is 38.0 Å². The van der Waals surface area contributed by atoms with Crippen molar-refractivity contribution in [3.8, 4) is 5.75 Å². The summed E-state index contributed by atoms with van der Waals surface area (Å²) in [6.45, 7) is 5.04. The summed E-state index contributed by atoms with van der Waals surface area (Å²) in [6.07, 6.45) is 2.96. The molecule has 0 amide bonds. The Kier molecular flexibility index (Phi) is 8.55. The van der Waals surface area contributed by atoms with Gasteiger partial charge < -0.3 is 19.3 Å². The van der Waals surface area contributed by atoms with Gasteiger partial charge in [-0.15, -0.1) is 0 Å². The Morgan fingerprint density at radius 3 is 2.45 bits per heavy atom. The molecule has 1 unspecified atom stereocenters. The lowest BCUT2D eigenvalue weighted by atomic mass is 10.1. The molecule has 5 heteroatoms. The minimum atomic E-state index is -1.66. The molecule has 0 aliphatic rings. The number of rotatable bonds is 12. The van der Waals surface area contributed by atoms with Gasteiger partial charge in [0, 0.05) is 13.0 Å². The van der Waals surface area contributed by atoms with E-state index in [1.165, 1.54) is 0 Å². The lowest BCUT2D eigenvalue weighted by molar-refractivity contribution is -0.218. The van der Waals surface area contributed by atoms with Crippen LogP contribution < -0.4 is 4.74 Å². The Labute approximate surface area is 132 Å². The smallest absolute Gasteiger partial charge is 0.377 e. The molecular weight excluding hydrogens is 284 g/mol. The summed E-state index contributed by atoms with van der Waals surface area (Å²) in [6, 6.07) is 8.90. The van der Waals surface area contributed by atoms with E-state index in [2.05, 4.69) is 6.92 Å². The lowest BCUT2D eigenvalue weighted by Gasteiger charge is -2.30. The van der Waals surface area contributed by atoms with Crippen LogP contribution in [0.5, 0.6) is 5.75 Å². The van der Waals surface area contributed by atoms with E-state index < -0.39 is 11.8 Å². The minimum Gasteiger partial charge on any atom is -0.476 e. The largest absolute Gasteiger partial charge is 0.476 e. The third kappa shape index (κ3) is 6.03. The van der Waals surface area contributed by atoms with Crippen LogP contribution in [0.3, 0.4) is 0 Å². The van der Waals surface area contributed by atoms with Crippen LogP contribution in [0.15, 0.2) is 30.3 Å². The molecule has 0 fully saturated rings. The zero-order valence-corrected chi connectivity index (χ0v) is 13.4. The van der Waals surface area contributed by atoms with Gasteiger partial charge in [-0.25, -0.2) is 4.79 Å². The van der Waals surface area contributed by atoms with Gasteiger partial charge in [-0.3, -0.25) is 0 Å². The van der Waals surface area contributed by atoms with Crippen LogP contribution in [0.2, 0.25) is 0 Å². The topological polar surface area (TPSA) is 65.0 Å². The van der Waals surface area contributed by atoms with Crippen molar-refractivity contribution in [1.29, 1.82) is 0 Å². The van der Waals surface area contributed by atoms with E-state index in [1.807, 2.05) is 13.0 Å². The Morgan fingerprint density at radius 2 is 1.86 bits per heavy atom. The molecule has 0 radical (unpaired) electrons. The third-order valence-electron chi connectivity index (χ3n) is 3.23. The van der Waals surface area contributed by atoms with Crippen LogP contribution in [0.25, 0.3) is 0 Å². The highest BCUT2D eigenvalue weighted by Gasteiger charge is 2.42. The van der Waals surface area contributed by atoms with E-state index in [1.54, 1.807) is 24.3 Å². The van der Waals surface area contributed by atoms with Gasteiger partial charge in [-0.2, -0.15) is 0 Å². The van der Waals surface area contributed by atoms with Gasteiger partial charge in [0.25, 0.3) is 0 Å². The summed E-state index contributed by atoms with van der Waals surface area (Å²) >= 11 is 0. The van der Waals surface area contributed by atoms with Gasteiger partial charge >= 0.3 is 11.8 Å². The van der Waals surface area contributed by atoms with Crippen LogP contribution in [-0.2, 0) is 14.3 Å². The highest BCUT2D eigenvalue weighted by Crippen LogP contribution is 2.26. The average molecular weight is 310 g/mol. The number of carboxylic acid groups (broad SMARTS) is 1. The zero-order valence-electron chi connectivity index (χ0n) is 13.4. The van der Waals surface area contributed by atoms with Gasteiger partial charge in [-0.05, 0) is 25.5 Å². The third-order valence-corrected chi connectivity index (χ3v) is 3.23. The second-order valence-corrected chi connectivity index (χ2v) is 4.98. The van der Waals surface area contributed by atoms with Crippen LogP contribution in [0.4, 0.5) is 0 Å². The molecule has 0 saturated carbocycles. The second kappa shape index (κ2) is 10.2. The van der Waals surface area contributed by atoms with E-state index >= 15 is 0 Å². The SMILES string of the molecule is CCCCCC(OCCOCC)(Oc1ccccc1)C(=O)O. The maximum Gasteiger partial charge on any atom is 0.377 e. The lowest BCUT2D eigenvalue weighted by Crippen LogP contribution is -2.48.